The molecule has 0 N–H and O–H groups in total. The zero-order chi connectivity index (χ0) is 21.7. The zero-order valence-corrected chi connectivity index (χ0v) is 17.4. The summed E-state index contributed by atoms with van der Waals surface area (Å²) in [6, 6.07) is 8.67. The molecule has 2 heterocycles. The molecule has 0 unspecified atom stereocenters. The molecule has 10 nitrogen and oxygen atoms in total. The minimum atomic E-state index is -3.47. The van der Waals surface area contributed by atoms with Crippen LogP contribution in [0.15, 0.2) is 27.5 Å². The Kier molecular flexibility index (Phi) is 6.59. The Morgan fingerprint density at radius 1 is 1.23 bits per heavy atom. The van der Waals surface area contributed by atoms with Gasteiger partial charge in [-0.2, -0.15) is 10.5 Å². The average Bonchev–Trinajstić information content (AvgIpc) is 3.07. The number of benzene rings is 1. The number of anilines is 1. The van der Waals surface area contributed by atoms with E-state index in [0.29, 0.717) is 16.6 Å². The van der Waals surface area contributed by atoms with Crippen LogP contribution in [0.3, 0.4) is 0 Å². The van der Waals surface area contributed by atoms with Crippen molar-refractivity contribution in [3.63, 3.8) is 0 Å². The number of amidine groups is 1. The van der Waals surface area contributed by atoms with E-state index in [2.05, 4.69) is 4.40 Å². The molecule has 156 valence electrons. The van der Waals surface area contributed by atoms with E-state index < -0.39 is 28.5 Å². The van der Waals surface area contributed by atoms with Crippen molar-refractivity contribution in [1.29, 1.82) is 10.5 Å². The van der Waals surface area contributed by atoms with Crippen molar-refractivity contribution in [2.24, 2.45) is 4.40 Å². The van der Waals surface area contributed by atoms with Gasteiger partial charge in [0.15, 0.2) is 11.8 Å². The van der Waals surface area contributed by atoms with Crippen molar-refractivity contribution in [1.82, 2.24) is 4.90 Å². The number of sulfonamides is 1. The number of nitriles is 2. The van der Waals surface area contributed by atoms with Gasteiger partial charge in [0, 0.05) is 24.5 Å². The van der Waals surface area contributed by atoms with E-state index in [-0.39, 0.29) is 37.2 Å². The van der Waals surface area contributed by atoms with Crippen LogP contribution in [0.25, 0.3) is 0 Å². The van der Waals surface area contributed by atoms with Gasteiger partial charge < -0.3 is 14.5 Å². The van der Waals surface area contributed by atoms with Crippen LogP contribution in [-0.2, 0) is 19.6 Å². The minimum absolute atomic E-state index is 0.0729. The molecule has 0 aliphatic carbocycles. The van der Waals surface area contributed by atoms with Crippen LogP contribution in [0.1, 0.15) is 23.2 Å². The molecule has 0 fully saturated rings. The third-order valence-corrected chi connectivity index (χ3v) is 6.68. The third kappa shape index (κ3) is 4.90. The van der Waals surface area contributed by atoms with Crippen LogP contribution in [0.4, 0.5) is 5.69 Å². The lowest BCUT2D eigenvalue weighted by atomic mass is 10.2. The fourth-order valence-corrected chi connectivity index (χ4v) is 5.19. The van der Waals surface area contributed by atoms with Crippen LogP contribution in [-0.4, -0.2) is 62.4 Å². The molecule has 0 atom stereocenters. The Labute approximate surface area is 177 Å². The number of amides is 1. The maximum atomic E-state index is 12.4. The van der Waals surface area contributed by atoms with Gasteiger partial charge in [-0.15, -0.1) is 4.40 Å². The van der Waals surface area contributed by atoms with Gasteiger partial charge in [0.05, 0.1) is 42.0 Å². The summed E-state index contributed by atoms with van der Waals surface area (Å²) in [5.74, 6) is -1.26. The van der Waals surface area contributed by atoms with Gasteiger partial charge in [0.1, 0.15) is 0 Å². The van der Waals surface area contributed by atoms with E-state index in [4.69, 9.17) is 15.3 Å². The first-order chi connectivity index (χ1) is 14.3. The molecule has 1 aromatic rings. The predicted octanol–water partition coefficient (Wildman–Crippen LogP) is 1.11. The van der Waals surface area contributed by atoms with E-state index in [0.717, 1.165) is 17.4 Å². The van der Waals surface area contributed by atoms with E-state index in [1.807, 2.05) is 12.1 Å². The smallest absolute Gasteiger partial charge is 0.338 e. The summed E-state index contributed by atoms with van der Waals surface area (Å²) in [4.78, 5) is 28.4. The minimum Gasteiger partial charge on any atom is -0.452 e. The highest BCUT2D eigenvalue weighted by molar-refractivity contribution is 8.15. The number of rotatable bonds is 7. The van der Waals surface area contributed by atoms with Gasteiger partial charge >= 0.3 is 5.97 Å². The normalized spacial score (nSPS) is 15.8. The molecule has 30 heavy (non-hydrogen) atoms. The molecule has 1 aromatic carbocycles. The lowest BCUT2D eigenvalue weighted by molar-refractivity contribution is -0.134. The molecule has 12 heteroatoms. The highest BCUT2D eigenvalue weighted by Crippen LogP contribution is 2.42. The summed E-state index contributed by atoms with van der Waals surface area (Å²) in [5.41, 5.74) is 0.985. The Bertz CT molecular complexity index is 1070. The average molecular weight is 447 g/mol. The molecule has 2 aliphatic rings. The number of hydrogen-bond acceptors (Lipinski definition) is 9. The first-order valence-electron chi connectivity index (χ1n) is 8.95. The molecule has 1 amide bonds. The monoisotopic (exact) mass is 447 g/mol. The van der Waals surface area contributed by atoms with Crippen molar-refractivity contribution < 1.29 is 22.7 Å². The SMILES string of the molecule is N#CCCN(CCC#N)C(=O)COC(=O)c1ccc2c(c1)SC1=NS(=O)(=O)CCN12. The summed E-state index contributed by atoms with van der Waals surface area (Å²) in [6.45, 7) is 0.105. The second-order valence-corrected chi connectivity index (χ2v) is 9.13. The quantitative estimate of drug-likeness (QED) is 0.561. The van der Waals surface area contributed by atoms with Crippen LogP contribution in [0, 0.1) is 22.7 Å². The third-order valence-electron chi connectivity index (χ3n) is 4.37. The standard InChI is InChI=1S/C18H17N5O5S2/c19-5-1-7-22(8-2-6-20)16(24)12-28-17(25)13-3-4-14-15(11-13)29-18-21-30(26,27)10-9-23(14)18/h3-4,11H,1-2,7-10,12H2. The van der Waals surface area contributed by atoms with E-state index in [9.17, 15) is 18.0 Å². The Morgan fingerprint density at radius 3 is 2.60 bits per heavy atom. The summed E-state index contributed by atoms with van der Waals surface area (Å²) < 4.78 is 32.2. The van der Waals surface area contributed by atoms with Gasteiger partial charge in [-0.05, 0) is 30.0 Å². The van der Waals surface area contributed by atoms with Crippen LogP contribution in [0.2, 0.25) is 0 Å². The zero-order valence-electron chi connectivity index (χ0n) is 15.8. The number of hydrogen-bond donors (Lipinski definition) is 0. The molecule has 0 saturated carbocycles. The van der Waals surface area contributed by atoms with Crippen LogP contribution >= 0.6 is 11.8 Å². The molecular formula is C18H17N5O5S2. The number of ether oxygens (including phenoxy) is 1. The summed E-state index contributed by atoms with van der Waals surface area (Å²) in [5, 5.41) is 17.7. The number of thioether (sulfide) groups is 1. The molecule has 0 spiro atoms. The molecule has 3 rings (SSSR count). The Balaban J connectivity index is 1.64. The number of esters is 1. The predicted molar refractivity (Wildman–Crippen MR) is 108 cm³/mol. The Hall–Kier alpha value is -3.09. The van der Waals surface area contributed by atoms with Crippen molar-refractivity contribution in [3.8, 4) is 12.1 Å². The van der Waals surface area contributed by atoms with Gasteiger partial charge in [-0.3, -0.25) is 4.79 Å². The number of carbonyl (C=O) groups excluding carboxylic acids is 2. The van der Waals surface area contributed by atoms with Gasteiger partial charge in [-0.25, -0.2) is 13.2 Å². The van der Waals surface area contributed by atoms with E-state index in [1.54, 1.807) is 23.1 Å². The maximum Gasteiger partial charge on any atom is 0.338 e. The lowest BCUT2D eigenvalue weighted by Gasteiger charge is -2.22. The summed E-state index contributed by atoms with van der Waals surface area (Å²) in [7, 11) is -3.47. The van der Waals surface area contributed by atoms with Gasteiger partial charge in [0.25, 0.3) is 15.9 Å². The number of fused-ring (bicyclic) bond motifs is 3. The summed E-state index contributed by atoms with van der Waals surface area (Å²) >= 11 is 1.15. The largest absolute Gasteiger partial charge is 0.452 e. The number of carbonyl (C=O) groups is 2. The second kappa shape index (κ2) is 9.15. The van der Waals surface area contributed by atoms with E-state index >= 15 is 0 Å². The maximum absolute atomic E-state index is 12.4. The van der Waals surface area contributed by atoms with Crippen LogP contribution in [0.5, 0.6) is 0 Å². The number of nitrogens with zero attached hydrogens (tertiary/aromatic N) is 5. The fraction of sp³-hybridized carbons (Fsp3) is 0.389. The molecule has 0 saturated heterocycles. The van der Waals surface area contributed by atoms with Crippen molar-refractivity contribution in [2.45, 2.75) is 17.7 Å². The van der Waals surface area contributed by atoms with Gasteiger partial charge in [-0.1, -0.05) is 0 Å². The van der Waals surface area contributed by atoms with Crippen molar-refractivity contribution >= 4 is 44.5 Å². The molecule has 2 aliphatic heterocycles. The first-order valence-corrected chi connectivity index (χ1v) is 11.4. The molecule has 0 aromatic heterocycles. The topological polar surface area (TPSA) is 144 Å². The van der Waals surface area contributed by atoms with E-state index in [1.165, 1.54) is 4.90 Å². The lowest BCUT2D eigenvalue weighted by Crippen LogP contribution is -2.36. The molecule has 0 radical (unpaired) electrons. The molecular weight excluding hydrogens is 430 g/mol. The Morgan fingerprint density at radius 2 is 1.93 bits per heavy atom. The fourth-order valence-electron chi connectivity index (χ4n) is 2.89. The highest BCUT2D eigenvalue weighted by Gasteiger charge is 2.33. The van der Waals surface area contributed by atoms with Crippen LogP contribution < -0.4 is 4.90 Å². The van der Waals surface area contributed by atoms with Crippen molar-refractivity contribution in [3.05, 3.63) is 23.8 Å². The molecule has 0 bridgehead atoms. The summed E-state index contributed by atoms with van der Waals surface area (Å²) in [6.07, 6.45) is 0.229. The van der Waals surface area contributed by atoms with Gasteiger partial charge in [0.2, 0.25) is 0 Å². The second-order valence-electron chi connectivity index (χ2n) is 6.37. The van der Waals surface area contributed by atoms with Crippen molar-refractivity contribution in [2.75, 3.05) is 36.9 Å². The highest BCUT2D eigenvalue weighted by atomic mass is 32.2. The first kappa shape index (κ1) is 21.6.